The van der Waals surface area contributed by atoms with Crippen molar-refractivity contribution in [3.05, 3.63) is 26.6 Å². The fraction of sp³-hybridized carbons (Fsp3) is 0.647. The number of ether oxygens (including phenoxy) is 1. The fourth-order valence-corrected chi connectivity index (χ4v) is 3.62. The molecule has 0 saturated heterocycles. The van der Waals surface area contributed by atoms with E-state index in [1.807, 2.05) is 13.8 Å². The molecule has 0 fully saturated rings. The van der Waals surface area contributed by atoms with E-state index in [4.69, 9.17) is 4.74 Å². The molecule has 0 aromatic heterocycles. The molecule has 1 N–H and O–H groups in total. The highest BCUT2D eigenvalue weighted by atomic mass is 79.9. The molecule has 0 radical (unpaired) electrons. The number of unbranched alkanes of at least 4 members (excludes halogenated alkanes) is 4. The van der Waals surface area contributed by atoms with Crippen molar-refractivity contribution in [1.82, 2.24) is 5.32 Å². The van der Waals surface area contributed by atoms with Crippen LogP contribution in [0.4, 0.5) is 0 Å². The van der Waals surface area contributed by atoms with E-state index in [1.54, 1.807) is 0 Å². The zero-order chi connectivity index (χ0) is 15.7. The average Bonchev–Trinajstić information content (AvgIpc) is 2.42. The molecule has 4 heteroatoms. The van der Waals surface area contributed by atoms with E-state index in [9.17, 15) is 0 Å². The monoisotopic (exact) mass is 419 g/mol. The van der Waals surface area contributed by atoms with Crippen LogP contribution in [0.25, 0.3) is 0 Å². The molecule has 0 unspecified atom stereocenters. The molecule has 2 nitrogen and oxygen atoms in total. The molecular formula is C17H27Br2NO. The van der Waals surface area contributed by atoms with Crippen molar-refractivity contribution in [3.63, 3.8) is 0 Å². The van der Waals surface area contributed by atoms with E-state index in [1.165, 1.54) is 37.7 Å². The summed E-state index contributed by atoms with van der Waals surface area (Å²) in [6.45, 7) is 8.30. The highest BCUT2D eigenvalue weighted by Gasteiger charge is 2.10. The second kappa shape index (κ2) is 10.6. The van der Waals surface area contributed by atoms with Gasteiger partial charge < -0.3 is 10.1 Å². The lowest BCUT2D eigenvalue weighted by Gasteiger charge is -2.15. The standard InChI is InChI=1S/C17H27Br2NO/c1-4-5-6-7-8-9-20-12-14-10-15(18)17(16(19)11-14)21-13(2)3/h10-11,13,20H,4-9,12H2,1-3H3. The van der Waals surface area contributed by atoms with Crippen LogP contribution in [0.2, 0.25) is 0 Å². The normalized spacial score (nSPS) is 11.1. The van der Waals surface area contributed by atoms with Crippen molar-refractivity contribution in [2.24, 2.45) is 0 Å². The Kier molecular flexibility index (Phi) is 9.61. The SMILES string of the molecule is CCCCCCCNCc1cc(Br)c(OC(C)C)c(Br)c1. The van der Waals surface area contributed by atoms with Crippen molar-refractivity contribution < 1.29 is 4.74 Å². The average molecular weight is 421 g/mol. The van der Waals surface area contributed by atoms with E-state index in [0.717, 1.165) is 27.8 Å². The summed E-state index contributed by atoms with van der Waals surface area (Å²) in [6, 6.07) is 4.26. The van der Waals surface area contributed by atoms with E-state index in [-0.39, 0.29) is 6.10 Å². The molecule has 21 heavy (non-hydrogen) atoms. The molecule has 1 aromatic carbocycles. The second-order valence-electron chi connectivity index (χ2n) is 5.65. The molecule has 0 atom stereocenters. The molecular weight excluding hydrogens is 394 g/mol. The summed E-state index contributed by atoms with van der Waals surface area (Å²) in [5.74, 6) is 0.883. The Hall–Kier alpha value is -0.0600. The van der Waals surface area contributed by atoms with Gasteiger partial charge in [0, 0.05) is 6.54 Å². The third-order valence-corrected chi connectivity index (χ3v) is 4.38. The first kappa shape index (κ1) is 19.0. The maximum Gasteiger partial charge on any atom is 0.148 e. The van der Waals surface area contributed by atoms with E-state index in [2.05, 4.69) is 56.2 Å². The van der Waals surface area contributed by atoms with Crippen LogP contribution < -0.4 is 10.1 Å². The Morgan fingerprint density at radius 2 is 1.67 bits per heavy atom. The van der Waals surface area contributed by atoms with Gasteiger partial charge >= 0.3 is 0 Å². The lowest BCUT2D eigenvalue weighted by atomic mass is 10.1. The fourth-order valence-electron chi connectivity index (χ4n) is 2.15. The molecule has 0 bridgehead atoms. The van der Waals surface area contributed by atoms with E-state index < -0.39 is 0 Å². The van der Waals surface area contributed by atoms with Gasteiger partial charge in [0.1, 0.15) is 5.75 Å². The molecule has 0 aliphatic carbocycles. The van der Waals surface area contributed by atoms with Crippen molar-refractivity contribution in [2.45, 2.75) is 65.5 Å². The van der Waals surface area contributed by atoms with E-state index >= 15 is 0 Å². The van der Waals surface area contributed by atoms with Gasteiger partial charge in [0.15, 0.2) is 0 Å². The van der Waals surface area contributed by atoms with Crippen LogP contribution in [-0.4, -0.2) is 12.6 Å². The number of benzene rings is 1. The maximum absolute atomic E-state index is 5.80. The summed E-state index contributed by atoms with van der Waals surface area (Å²) in [4.78, 5) is 0. The van der Waals surface area contributed by atoms with Crippen molar-refractivity contribution >= 4 is 31.9 Å². The number of rotatable bonds is 10. The Morgan fingerprint density at radius 3 is 2.24 bits per heavy atom. The zero-order valence-electron chi connectivity index (χ0n) is 13.3. The van der Waals surface area contributed by atoms with Gasteiger partial charge in [-0.15, -0.1) is 0 Å². The van der Waals surface area contributed by atoms with Crippen LogP contribution in [0.5, 0.6) is 5.75 Å². The third-order valence-electron chi connectivity index (χ3n) is 3.20. The molecule has 120 valence electrons. The maximum atomic E-state index is 5.80. The van der Waals surface area contributed by atoms with Gasteiger partial charge in [0.25, 0.3) is 0 Å². The number of hydrogen-bond acceptors (Lipinski definition) is 2. The number of nitrogens with one attached hydrogen (secondary N) is 1. The Bertz CT molecular complexity index is 398. The highest BCUT2D eigenvalue weighted by Crippen LogP contribution is 2.35. The minimum absolute atomic E-state index is 0.171. The number of halogens is 2. The topological polar surface area (TPSA) is 21.3 Å². The van der Waals surface area contributed by atoms with Crippen molar-refractivity contribution in [3.8, 4) is 5.75 Å². The molecule has 0 aliphatic heterocycles. The summed E-state index contributed by atoms with van der Waals surface area (Å²) < 4.78 is 7.81. The van der Waals surface area contributed by atoms with Crippen LogP contribution in [0.1, 0.15) is 58.4 Å². The predicted molar refractivity (Wildman–Crippen MR) is 98.1 cm³/mol. The minimum atomic E-state index is 0.171. The number of hydrogen-bond donors (Lipinski definition) is 1. The largest absolute Gasteiger partial charge is 0.489 e. The van der Waals surface area contributed by atoms with Crippen LogP contribution >= 0.6 is 31.9 Å². The van der Waals surface area contributed by atoms with Gasteiger partial charge in [0.05, 0.1) is 15.0 Å². The summed E-state index contributed by atoms with van der Waals surface area (Å²) in [7, 11) is 0. The molecule has 0 aliphatic rings. The molecule has 0 saturated carbocycles. The summed E-state index contributed by atoms with van der Waals surface area (Å²) in [5, 5.41) is 3.51. The predicted octanol–water partition coefficient (Wildman–Crippen LogP) is 6.06. The second-order valence-corrected chi connectivity index (χ2v) is 7.35. The van der Waals surface area contributed by atoms with Gasteiger partial charge in [-0.1, -0.05) is 32.6 Å². The van der Waals surface area contributed by atoms with Crippen LogP contribution in [-0.2, 0) is 6.54 Å². The van der Waals surface area contributed by atoms with Gasteiger partial charge in [-0.05, 0) is 76.4 Å². The lowest BCUT2D eigenvalue weighted by Crippen LogP contribution is -2.15. The molecule has 0 heterocycles. The lowest BCUT2D eigenvalue weighted by molar-refractivity contribution is 0.239. The van der Waals surface area contributed by atoms with E-state index in [0.29, 0.717) is 0 Å². The zero-order valence-corrected chi connectivity index (χ0v) is 16.5. The Labute approximate surface area is 146 Å². The summed E-state index contributed by atoms with van der Waals surface area (Å²) >= 11 is 7.19. The summed E-state index contributed by atoms with van der Waals surface area (Å²) in [6.07, 6.45) is 6.78. The Balaban J connectivity index is 2.39. The van der Waals surface area contributed by atoms with Gasteiger partial charge in [-0.2, -0.15) is 0 Å². The smallest absolute Gasteiger partial charge is 0.148 e. The van der Waals surface area contributed by atoms with Gasteiger partial charge in [-0.25, -0.2) is 0 Å². The van der Waals surface area contributed by atoms with Crippen LogP contribution in [0.3, 0.4) is 0 Å². The molecule has 0 spiro atoms. The first-order valence-corrected chi connectivity index (χ1v) is 9.48. The molecule has 1 aromatic rings. The van der Waals surface area contributed by atoms with Crippen LogP contribution in [0.15, 0.2) is 21.1 Å². The Morgan fingerprint density at radius 1 is 1.05 bits per heavy atom. The third kappa shape index (κ3) is 7.66. The summed E-state index contributed by atoms with van der Waals surface area (Å²) in [5.41, 5.74) is 1.26. The van der Waals surface area contributed by atoms with Crippen LogP contribution in [0, 0.1) is 0 Å². The molecule has 1 rings (SSSR count). The molecule has 0 amide bonds. The highest BCUT2D eigenvalue weighted by molar-refractivity contribution is 9.11. The first-order valence-electron chi connectivity index (χ1n) is 7.89. The van der Waals surface area contributed by atoms with Gasteiger partial charge in [0.2, 0.25) is 0 Å². The van der Waals surface area contributed by atoms with Crippen molar-refractivity contribution in [1.29, 1.82) is 0 Å². The van der Waals surface area contributed by atoms with Gasteiger partial charge in [-0.3, -0.25) is 0 Å². The quantitative estimate of drug-likeness (QED) is 0.464. The minimum Gasteiger partial charge on any atom is -0.489 e. The first-order chi connectivity index (χ1) is 10.0. The van der Waals surface area contributed by atoms with Crippen molar-refractivity contribution in [2.75, 3.05) is 6.54 Å².